The molecule has 1 aliphatic carbocycles. The lowest BCUT2D eigenvalue weighted by atomic mass is 9.72. The minimum absolute atomic E-state index is 0.0630. The number of aliphatic hydroxyl groups excluding tert-OH is 1. The molecule has 14 heavy (non-hydrogen) atoms. The second-order valence-electron chi connectivity index (χ2n) is 3.76. The van der Waals surface area contributed by atoms with E-state index in [0.717, 1.165) is 12.8 Å². The predicted octanol–water partition coefficient (Wildman–Crippen LogP) is -0.695. The summed E-state index contributed by atoms with van der Waals surface area (Å²) in [5.74, 6) is -0.949. The topological polar surface area (TPSA) is 92.8 Å². The molecule has 0 bridgehead atoms. The number of aliphatic hydroxyl groups is 1. The first-order valence-corrected chi connectivity index (χ1v) is 4.83. The van der Waals surface area contributed by atoms with E-state index in [0.29, 0.717) is 12.3 Å². The molecule has 0 radical (unpaired) electrons. The van der Waals surface area contributed by atoms with Gasteiger partial charge < -0.3 is 20.6 Å². The summed E-state index contributed by atoms with van der Waals surface area (Å²) in [4.78, 5) is 10.6. The van der Waals surface area contributed by atoms with Gasteiger partial charge in [0.15, 0.2) is 0 Å². The maximum atomic E-state index is 10.6. The molecule has 0 aromatic carbocycles. The Hall–Kier alpha value is -0.585. The van der Waals surface area contributed by atoms with Crippen molar-refractivity contribution in [1.29, 1.82) is 0 Å². The highest BCUT2D eigenvalue weighted by molar-refractivity contribution is 6.30. The summed E-state index contributed by atoms with van der Waals surface area (Å²) < 4.78 is 4.95. The Balaban J connectivity index is 2.36. The van der Waals surface area contributed by atoms with Gasteiger partial charge in [-0.3, -0.25) is 0 Å². The van der Waals surface area contributed by atoms with Gasteiger partial charge in [0, 0.05) is 0 Å². The molecule has 0 amide bonds. The van der Waals surface area contributed by atoms with Gasteiger partial charge in [-0.2, -0.15) is 0 Å². The molecule has 80 valence electrons. The molecule has 4 N–H and O–H groups in total. The van der Waals surface area contributed by atoms with Crippen molar-refractivity contribution in [3.63, 3.8) is 0 Å². The van der Waals surface area contributed by atoms with Crippen molar-refractivity contribution < 1.29 is 19.7 Å². The van der Waals surface area contributed by atoms with Crippen LogP contribution in [0.4, 0.5) is 0 Å². The molecule has 5 nitrogen and oxygen atoms in total. The van der Waals surface area contributed by atoms with E-state index in [4.69, 9.17) is 15.5 Å². The van der Waals surface area contributed by atoms with Crippen molar-refractivity contribution >= 4 is 13.5 Å². The summed E-state index contributed by atoms with van der Waals surface area (Å²) in [6.07, 6.45) is 1.65. The molecule has 6 heteroatoms. The summed E-state index contributed by atoms with van der Waals surface area (Å²) in [5.41, 5.74) is 5.15. The lowest BCUT2D eigenvalue weighted by Gasteiger charge is -2.17. The Bertz CT molecular complexity index is 198. The smallest absolute Gasteiger partial charge is 0.332 e. The Morgan fingerprint density at radius 1 is 1.64 bits per heavy atom. The van der Waals surface area contributed by atoms with E-state index >= 15 is 0 Å². The molecule has 1 fully saturated rings. The molecular weight excluding hydrogens is 185 g/mol. The Morgan fingerprint density at radius 2 is 2.29 bits per heavy atom. The SMILES string of the molecule is NCOBC(CC1CC1)C(O)C(=O)O. The van der Waals surface area contributed by atoms with Gasteiger partial charge in [-0.25, -0.2) is 4.79 Å². The summed E-state index contributed by atoms with van der Waals surface area (Å²) >= 11 is 0. The van der Waals surface area contributed by atoms with Crippen molar-refractivity contribution in [1.82, 2.24) is 0 Å². The lowest BCUT2D eigenvalue weighted by Crippen LogP contribution is -2.31. The fourth-order valence-corrected chi connectivity index (χ4v) is 1.49. The Kier molecular flexibility index (Phi) is 4.38. The van der Waals surface area contributed by atoms with Crippen LogP contribution in [0.15, 0.2) is 0 Å². The fourth-order valence-electron chi connectivity index (χ4n) is 1.49. The average molecular weight is 201 g/mol. The summed E-state index contributed by atoms with van der Waals surface area (Å²) in [7, 11) is 0.223. The van der Waals surface area contributed by atoms with Gasteiger partial charge in [-0.1, -0.05) is 12.8 Å². The lowest BCUT2D eigenvalue weighted by molar-refractivity contribution is -0.147. The summed E-state index contributed by atoms with van der Waals surface area (Å²) in [6, 6.07) is 0. The third-order valence-corrected chi connectivity index (χ3v) is 2.48. The van der Waals surface area contributed by atoms with Gasteiger partial charge in [-0.05, 0) is 18.2 Å². The van der Waals surface area contributed by atoms with Crippen LogP contribution < -0.4 is 5.73 Å². The van der Waals surface area contributed by atoms with Gasteiger partial charge in [0.2, 0.25) is 0 Å². The van der Waals surface area contributed by atoms with Gasteiger partial charge in [0.25, 0.3) is 7.48 Å². The Morgan fingerprint density at radius 3 is 2.71 bits per heavy atom. The van der Waals surface area contributed by atoms with E-state index in [1.807, 2.05) is 0 Å². The number of aliphatic carboxylic acids is 1. The first kappa shape index (κ1) is 11.5. The maximum Gasteiger partial charge on any atom is 0.332 e. The number of nitrogens with two attached hydrogens (primary N) is 1. The molecule has 0 aromatic rings. The number of rotatable bonds is 7. The minimum atomic E-state index is -1.33. The van der Waals surface area contributed by atoms with Crippen LogP contribution in [0, 0.1) is 5.92 Å². The third kappa shape index (κ3) is 3.65. The van der Waals surface area contributed by atoms with Gasteiger partial charge >= 0.3 is 5.97 Å². The molecule has 1 aliphatic rings. The van der Waals surface area contributed by atoms with Crippen molar-refractivity contribution in [2.75, 3.05) is 6.73 Å². The molecule has 0 spiro atoms. The van der Waals surface area contributed by atoms with E-state index < -0.39 is 12.1 Å². The highest BCUT2D eigenvalue weighted by Crippen LogP contribution is 2.38. The molecule has 2 unspecified atom stereocenters. The normalized spacial score (nSPS) is 20.1. The van der Waals surface area contributed by atoms with Crippen LogP contribution in [-0.4, -0.2) is 36.5 Å². The van der Waals surface area contributed by atoms with Crippen molar-refractivity contribution in [2.45, 2.75) is 31.2 Å². The highest BCUT2D eigenvalue weighted by atomic mass is 16.4. The number of carboxylic acid groups (broad SMARTS) is 1. The third-order valence-electron chi connectivity index (χ3n) is 2.48. The monoisotopic (exact) mass is 201 g/mol. The van der Waals surface area contributed by atoms with Gasteiger partial charge in [-0.15, -0.1) is 0 Å². The molecule has 0 saturated heterocycles. The van der Waals surface area contributed by atoms with Gasteiger partial charge in [0.05, 0.1) is 6.73 Å². The average Bonchev–Trinajstić information content (AvgIpc) is 2.94. The zero-order chi connectivity index (χ0) is 10.6. The van der Waals surface area contributed by atoms with Crippen LogP contribution in [0.1, 0.15) is 19.3 Å². The number of carbonyl (C=O) groups is 1. The van der Waals surface area contributed by atoms with Crippen LogP contribution in [0.3, 0.4) is 0 Å². The van der Waals surface area contributed by atoms with E-state index in [1.165, 1.54) is 0 Å². The van der Waals surface area contributed by atoms with Crippen LogP contribution in [-0.2, 0) is 9.45 Å². The zero-order valence-corrected chi connectivity index (χ0v) is 8.06. The molecular formula is C8H16BNO4. The fraction of sp³-hybridized carbons (Fsp3) is 0.875. The van der Waals surface area contributed by atoms with Crippen LogP contribution in [0.25, 0.3) is 0 Å². The van der Waals surface area contributed by atoms with Crippen LogP contribution in [0.2, 0.25) is 5.82 Å². The van der Waals surface area contributed by atoms with Gasteiger partial charge in [0.1, 0.15) is 6.10 Å². The summed E-state index contributed by atoms with van der Waals surface area (Å²) in [6.45, 7) is 0.0630. The van der Waals surface area contributed by atoms with Crippen molar-refractivity contribution in [3.05, 3.63) is 0 Å². The predicted molar refractivity (Wildman–Crippen MR) is 52.0 cm³/mol. The zero-order valence-electron chi connectivity index (χ0n) is 8.06. The van der Waals surface area contributed by atoms with E-state index in [1.54, 1.807) is 0 Å². The van der Waals surface area contributed by atoms with Crippen LogP contribution in [0.5, 0.6) is 0 Å². The second-order valence-corrected chi connectivity index (χ2v) is 3.76. The quantitative estimate of drug-likeness (QED) is 0.374. The van der Waals surface area contributed by atoms with E-state index in [2.05, 4.69) is 0 Å². The molecule has 0 aliphatic heterocycles. The first-order chi connectivity index (χ1) is 6.65. The molecule has 1 rings (SSSR count). The number of hydrogen-bond donors (Lipinski definition) is 3. The second kappa shape index (κ2) is 5.33. The summed E-state index contributed by atoms with van der Waals surface area (Å²) in [5, 5.41) is 18.0. The maximum absolute atomic E-state index is 10.6. The van der Waals surface area contributed by atoms with Crippen molar-refractivity contribution in [3.8, 4) is 0 Å². The van der Waals surface area contributed by atoms with Crippen molar-refractivity contribution in [2.24, 2.45) is 11.7 Å². The highest BCUT2D eigenvalue weighted by Gasteiger charge is 2.33. The van der Waals surface area contributed by atoms with E-state index in [-0.39, 0.29) is 20.0 Å². The number of hydrogen-bond acceptors (Lipinski definition) is 4. The first-order valence-electron chi connectivity index (χ1n) is 4.83. The van der Waals surface area contributed by atoms with Crippen LogP contribution >= 0.6 is 0 Å². The molecule has 2 atom stereocenters. The number of carboxylic acids is 1. The molecule has 0 aromatic heterocycles. The Labute approximate surface area is 83.5 Å². The standard InChI is InChI=1S/C8H16BNO4/c10-4-14-9-6(3-5-1-2-5)7(11)8(12)13/h5-7,9,11H,1-4,10H2,(H,12,13). The largest absolute Gasteiger partial charge is 0.479 e. The minimum Gasteiger partial charge on any atom is -0.479 e. The van der Waals surface area contributed by atoms with E-state index in [9.17, 15) is 9.90 Å². The molecule has 1 saturated carbocycles. The molecule has 0 heterocycles.